The number of nitrogens with one attached hydrogen (secondary N) is 1. The van der Waals surface area contributed by atoms with Crippen molar-refractivity contribution in [1.82, 2.24) is 19.6 Å². The molecule has 7 nitrogen and oxygen atoms in total. The van der Waals surface area contributed by atoms with Crippen molar-refractivity contribution < 1.29 is 0 Å². The smallest absolute Gasteiger partial charge is 0.348 e. The van der Waals surface area contributed by atoms with Crippen LogP contribution in [0.1, 0.15) is 12.8 Å². The third kappa shape index (κ3) is 1.86. The van der Waals surface area contributed by atoms with Crippen molar-refractivity contribution in [2.75, 3.05) is 24.5 Å². The van der Waals surface area contributed by atoms with Crippen molar-refractivity contribution >= 4 is 11.5 Å². The molecule has 3 rings (SSSR count). The zero-order chi connectivity index (χ0) is 12.5. The summed E-state index contributed by atoms with van der Waals surface area (Å²) in [6, 6.07) is 1.84. The van der Waals surface area contributed by atoms with Crippen molar-refractivity contribution in [3.8, 4) is 0 Å². The monoisotopic (exact) mass is 248 g/mol. The van der Waals surface area contributed by atoms with Crippen LogP contribution in [0.15, 0.2) is 17.2 Å². The van der Waals surface area contributed by atoms with E-state index in [9.17, 15) is 4.79 Å². The van der Waals surface area contributed by atoms with E-state index in [1.807, 2.05) is 6.07 Å². The third-order valence-electron chi connectivity index (χ3n) is 3.48. The average Bonchev–Trinajstić information content (AvgIpc) is 2.97. The van der Waals surface area contributed by atoms with E-state index in [4.69, 9.17) is 5.73 Å². The summed E-state index contributed by atoms with van der Waals surface area (Å²) in [6.45, 7) is 2.71. The van der Waals surface area contributed by atoms with Crippen molar-refractivity contribution in [2.45, 2.75) is 12.8 Å². The second-order valence-electron chi connectivity index (χ2n) is 4.68. The Morgan fingerprint density at radius 1 is 1.56 bits per heavy atom. The summed E-state index contributed by atoms with van der Waals surface area (Å²) < 4.78 is 1.40. The van der Waals surface area contributed by atoms with Crippen LogP contribution in [0.3, 0.4) is 0 Å². The van der Waals surface area contributed by atoms with Crippen LogP contribution in [-0.2, 0) is 0 Å². The fourth-order valence-corrected chi connectivity index (χ4v) is 2.48. The predicted molar refractivity (Wildman–Crippen MR) is 67.6 cm³/mol. The lowest BCUT2D eigenvalue weighted by molar-refractivity contribution is 0.546. The molecule has 0 bridgehead atoms. The molecule has 1 aliphatic rings. The molecule has 7 heteroatoms. The first kappa shape index (κ1) is 11.2. The summed E-state index contributed by atoms with van der Waals surface area (Å²) in [4.78, 5) is 17.9. The molecule has 1 fully saturated rings. The van der Waals surface area contributed by atoms with Crippen LogP contribution < -0.4 is 16.3 Å². The normalized spacial score (nSPS) is 19.8. The van der Waals surface area contributed by atoms with Crippen molar-refractivity contribution in [3.63, 3.8) is 0 Å². The fraction of sp³-hybridized carbons (Fsp3) is 0.545. The van der Waals surface area contributed by atoms with E-state index in [1.165, 1.54) is 10.7 Å². The molecule has 0 aliphatic carbocycles. The summed E-state index contributed by atoms with van der Waals surface area (Å²) in [6.07, 6.45) is 3.73. The number of hydrogen-bond acceptors (Lipinski definition) is 5. The second kappa shape index (κ2) is 4.41. The maximum Gasteiger partial charge on any atom is 0.348 e. The SMILES string of the molecule is NCCC1CCN(c2cc3n[nH]c(=O)n3cn2)C1. The first-order chi connectivity index (χ1) is 8.78. The molecule has 0 spiro atoms. The second-order valence-corrected chi connectivity index (χ2v) is 4.68. The van der Waals surface area contributed by atoms with Crippen LogP contribution in [0, 0.1) is 5.92 Å². The van der Waals surface area contributed by atoms with Gasteiger partial charge in [-0.05, 0) is 25.3 Å². The Balaban J connectivity index is 1.84. The number of aromatic amines is 1. The fourth-order valence-electron chi connectivity index (χ4n) is 2.48. The maximum atomic E-state index is 11.3. The summed E-state index contributed by atoms with van der Waals surface area (Å²) in [5.41, 5.74) is 5.93. The van der Waals surface area contributed by atoms with E-state index in [-0.39, 0.29) is 5.69 Å². The lowest BCUT2D eigenvalue weighted by Crippen LogP contribution is -2.22. The van der Waals surface area contributed by atoms with E-state index >= 15 is 0 Å². The number of aromatic nitrogens is 4. The van der Waals surface area contributed by atoms with Crippen molar-refractivity contribution in [1.29, 1.82) is 0 Å². The van der Waals surface area contributed by atoms with Gasteiger partial charge in [-0.2, -0.15) is 5.10 Å². The minimum atomic E-state index is -0.258. The van der Waals surface area contributed by atoms with Gasteiger partial charge in [0.2, 0.25) is 0 Å². The Hall–Kier alpha value is -1.89. The molecule has 3 N–H and O–H groups in total. The molecule has 0 aromatic carbocycles. The van der Waals surface area contributed by atoms with Gasteiger partial charge >= 0.3 is 5.69 Å². The molecule has 1 unspecified atom stereocenters. The van der Waals surface area contributed by atoms with Gasteiger partial charge in [0, 0.05) is 19.2 Å². The zero-order valence-electron chi connectivity index (χ0n) is 10.0. The molecule has 2 aromatic rings. The number of nitrogens with zero attached hydrogens (tertiary/aromatic N) is 4. The topological polar surface area (TPSA) is 92.3 Å². The van der Waals surface area contributed by atoms with Gasteiger partial charge in [-0.3, -0.25) is 0 Å². The van der Waals surface area contributed by atoms with Gasteiger partial charge in [-0.15, -0.1) is 0 Å². The summed E-state index contributed by atoms with van der Waals surface area (Å²) in [7, 11) is 0. The Bertz CT molecular complexity index is 603. The highest BCUT2D eigenvalue weighted by molar-refractivity contribution is 5.50. The summed E-state index contributed by atoms with van der Waals surface area (Å²) in [5.74, 6) is 1.52. The first-order valence-corrected chi connectivity index (χ1v) is 6.15. The van der Waals surface area contributed by atoms with E-state index in [1.54, 1.807) is 0 Å². The highest BCUT2D eigenvalue weighted by atomic mass is 16.1. The lowest BCUT2D eigenvalue weighted by Gasteiger charge is -2.17. The largest absolute Gasteiger partial charge is 0.356 e. The standard InChI is InChI=1S/C11H16N6O/c12-3-1-8-2-4-16(6-8)9-5-10-14-15-11(18)17(10)7-13-9/h5,7-8H,1-4,6,12H2,(H,15,18). The highest BCUT2D eigenvalue weighted by Crippen LogP contribution is 2.23. The Kier molecular flexibility index (Phi) is 2.75. The molecule has 0 amide bonds. The van der Waals surface area contributed by atoms with Gasteiger partial charge in [-0.25, -0.2) is 19.3 Å². The van der Waals surface area contributed by atoms with Crippen molar-refractivity contribution in [2.24, 2.45) is 11.7 Å². The number of fused-ring (bicyclic) bond motifs is 1. The molecule has 2 aromatic heterocycles. The van der Waals surface area contributed by atoms with Crippen LogP contribution in [-0.4, -0.2) is 39.2 Å². The first-order valence-electron chi connectivity index (χ1n) is 6.15. The minimum Gasteiger partial charge on any atom is -0.356 e. The quantitative estimate of drug-likeness (QED) is 0.770. The molecule has 0 saturated carbocycles. The number of nitrogens with two attached hydrogens (primary N) is 1. The zero-order valence-corrected chi connectivity index (χ0v) is 10.0. The Labute approximate surface area is 104 Å². The van der Waals surface area contributed by atoms with E-state index in [2.05, 4.69) is 20.1 Å². The number of H-pyrrole nitrogens is 1. The van der Waals surface area contributed by atoms with Crippen LogP contribution >= 0.6 is 0 Å². The van der Waals surface area contributed by atoms with E-state index in [0.29, 0.717) is 11.6 Å². The lowest BCUT2D eigenvalue weighted by atomic mass is 10.1. The van der Waals surface area contributed by atoms with Gasteiger partial charge in [0.15, 0.2) is 5.65 Å². The Morgan fingerprint density at radius 3 is 3.28 bits per heavy atom. The van der Waals surface area contributed by atoms with E-state index in [0.717, 1.165) is 38.3 Å². The Morgan fingerprint density at radius 2 is 2.44 bits per heavy atom. The van der Waals surface area contributed by atoms with Gasteiger partial charge < -0.3 is 10.6 Å². The van der Waals surface area contributed by atoms with E-state index < -0.39 is 0 Å². The van der Waals surface area contributed by atoms with Crippen LogP contribution in [0.5, 0.6) is 0 Å². The number of anilines is 1. The van der Waals surface area contributed by atoms with Gasteiger partial charge in [0.05, 0.1) is 0 Å². The molecule has 1 atom stereocenters. The van der Waals surface area contributed by atoms with Crippen molar-refractivity contribution in [3.05, 3.63) is 22.9 Å². The third-order valence-corrected chi connectivity index (χ3v) is 3.48. The highest BCUT2D eigenvalue weighted by Gasteiger charge is 2.23. The molecule has 18 heavy (non-hydrogen) atoms. The molecule has 1 aliphatic heterocycles. The van der Waals surface area contributed by atoms with Crippen LogP contribution in [0.25, 0.3) is 5.65 Å². The molecule has 1 saturated heterocycles. The average molecular weight is 248 g/mol. The van der Waals surface area contributed by atoms with Gasteiger partial charge in [0.1, 0.15) is 12.1 Å². The molecular weight excluding hydrogens is 232 g/mol. The maximum absolute atomic E-state index is 11.3. The number of rotatable bonds is 3. The molecular formula is C11H16N6O. The molecule has 0 radical (unpaired) electrons. The molecule has 96 valence electrons. The molecule has 3 heterocycles. The van der Waals surface area contributed by atoms with Gasteiger partial charge in [0.25, 0.3) is 0 Å². The van der Waals surface area contributed by atoms with Crippen LogP contribution in [0.4, 0.5) is 5.82 Å². The summed E-state index contributed by atoms with van der Waals surface area (Å²) >= 11 is 0. The number of hydrogen-bond donors (Lipinski definition) is 2. The predicted octanol–water partition coefficient (Wildman–Crippen LogP) is -0.407. The summed E-state index contributed by atoms with van der Waals surface area (Å²) in [5, 5.41) is 6.35. The minimum absolute atomic E-state index is 0.258. The van der Waals surface area contributed by atoms with Crippen LogP contribution in [0.2, 0.25) is 0 Å². The van der Waals surface area contributed by atoms with Gasteiger partial charge in [-0.1, -0.05) is 0 Å².